The molecule has 0 amide bonds. The van der Waals surface area contributed by atoms with Crippen molar-refractivity contribution >= 4 is 0 Å². The van der Waals surface area contributed by atoms with Crippen LogP contribution >= 0.6 is 0 Å². The quantitative estimate of drug-likeness (QED) is 0.0815. The second kappa shape index (κ2) is 33.1. The van der Waals surface area contributed by atoms with Crippen LogP contribution in [0.25, 0.3) is 0 Å². The van der Waals surface area contributed by atoms with E-state index >= 15 is 0 Å². The number of rotatable bonds is 33. The lowest BCUT2D eigenvalue weighted by atomic mass is 9.78. The third-order valence-corrected chi connectivity index (χ3v) is 8.99. The van der Waals surface area contributed by atoms with Gasteiger partial charge < -0.3 is 10.2 Å². The minimum Gasteiger partial charge on any atom is -0.396 e. The summed E-state index contributed by atoms with van der Waals surface area (Å²) >= 11 is 0. The van der Waals surface area contributed by atoms with Gasteiger partial charge in [0.25, 0.3) is 0 Å². The van der Waals surface area contributed by atoms with Crippen molar-refractivity contribution in [1.29, 1.82) is 0 Å². The first kappa shape index (κ1) is 37.9. The molecule has 0 aliphatic rings. The van der Waals surface area contributed by atoms with Gasteiger partial charge in [0.1, 0.15) is 0 Å². The summed E-state index contributed by atoms with van der Waals surface area (Å²) in [4.78, 5) is 0. The monoisotopic (exact) mass is 539 g/mol. The van der Waals surface area contributed by atoms with E-state index in [9.17, 15) is 0 Å². The number of hydrogen-bond donors (Lipinski definition) is 2. The van der Waals surface area contributed by atoms with Crippen molar-refractivity contribution in [2.45, 2.75) is 206 Å². The van der Waals surface area contributed by atoms with Gasteiger partial charge in [-0.05, 0) is 24.7 Å². The Balaban J connectivity index is 4.44. The Kier molecular flexibility index (Phi) is 33.1. The molecule has 0 aromatic rings. The van der Waals surface area contributed by atoms with E-state index in [2.05, 4.69) is 13.8 Å². The lowest BCUT2D eigenvalue weighted by Crippen LogP contribution is -2.16. The van der Waals surface area contributed by atoms with Gasteiger partial charge in [0, 0.05) is 13.2 Å². The lowest BCUT2D eigenvalue weighted by Gasteiger charge is -2.28. The maximum atomic E-state index is 8.92. The number of aliphatic hydroxyl groups is 2. The summed E-state index contributed by atoms with van der Waals surface area (Å²) in [6, 6.07) is 0. The van der Waals surface area contributed by atoms with E-state index in [1.165, 1.54) is 180 Å². The van der Waals surface area contributed by atoms with Gasteiger partial charge >= 0.3 is 0 Å². The summed E-state index contributed by atoms with van der Waals surface area (Å²) < 4.78 is 0. The van der Waals surface area contributed by atoms with Crippen LogP contribution in [-0.4, -0.2) is 23.4 Å². The molecule has 0 aromatic heterocycles. The van der Waals surface area contributed by atoms with Crippen molar-refractivity contribution in [3.63, 3.8) is 0 Å². The van der Waals surface area contributed by atoms with E-state index in [0.29, 0.717) is 13.2 Å². The minimum absolute atomic E-state index is 0.367. The smallest absolute Gasteiger partial charge is 0.0431 e. The van der Waals surface area contributed by atoms with Crippen molar-refractivity contribution in [3.05, 3.63) is 0 Å². The SMILES string of the molecule is CCCCCCC(CCCCCCCCCCCO)C(CCCCCC)CCCCCCCCCCCO. The molecule has 0 heterocycles. The van der Waals surface area contributed by atoms with Gasteiger partial charge in [-0.1, -0.05) is 194 Å². The second-order valence-electron chi connectivity index (χ2n) is 12.6. The third kappa shape index (κ3) is 27.5. The Labute approximate surface area is 241 Å². The number of aliphatic hydroxyl groups excluding tert-OH is 2. The van der Waals surface area contributed by atoms with Crippen LogP contribution in [0, 0.1) is 11.8 Å². The molecule has 2 nitrogen and oxygen atoms in total. The van der Waals surface area contributed by atoms with Crippen molar-refractivity contribution in [2.24, 2.45) is 11.8 Å². The van der Waals surface area contributed by atoms with Crippen molar-refractivity contribution in [3.8, 4) is 0 Å². The molecule has 0 aliphatic carbocycles. The molecule has 2 heteroatoms. The topological polar surface area (TPSA) is 40.5 Å². The van der Waals surface area contributed by atoms with Gasteiger partial charge in [-0.15, -0.1) is 0 Å². The van der Waals surface area contributed by atoms with Crippen LogP contribution in [0.3, 0.4) is 0 Å². The molecule has 0 spiro atoms. The van der Waals surface area contributed by atoms with Crippen LogP contribution in [0.15, 0.2) is 0 Å². The lowest BCUT2D eigenvalue weighted by molar-refractivity contribution is 0.236. The van der Waals surface area contributed by atoms with Crippen molar-refractivity contribution in [2.75, 3.05) is 13.2 Å². The maximum Gasteiger partial charge on any atom is 0.0431 e. The molecule has 0 rings (SSSR count). The first-order chi connectivity index (χ1) is 18.8. The van der Waals surface area contributed by atoms with Crippen LogP contribution < -0.4 is 0 Å². The Morgan fingerprint density at radius 1 is 0.289 bits per heavy atom. The molecule has 38 heavy (non-hydrogen) atoms. The standard InChI is InChI=1S/C36H74O2/c1-3-5-7-23-29-35(31-25-19-15-11-9-13-17-21-27-33-37)36(30-24-8-6-4-2)32-26-20-16-12-10-14-18-22-28-34-38/h35-38H,3-34H2,1-2H3. The molecule has 0 aliphatic heterocycles. The highest BCUT2D eigenvalue weighted by molar-refractivity contribution is 4.72. The zero-order valence-electron chi connectivity index (χ0n) is 26.7. The molecule has 0 aromatic carbocycles. The average Bonchev–Trinajstić information content (AvgIpc) is 2.93. The predicted octanol–water partition coefficient (Wildman–Crippen LogP) is 11.9. The van der Waals surface area contributed by atoms with Gasteiger partial charge in [-0.2, -0.15) is 0 Å². The molecular weight excluding hydrogens is 464 g/mol. The van der Waals surface area contributed by atoms with Gasteiger partial charge in [-0.3, -0.25) is 0 Å². The van der Waals surface area contributed by atoms with Gasteiger partial charge in [0.05, 0.1) is 0 Å². The third-order valence-electron chi connectivity index (χ3n) is 8.99. The highest BCUT2D eigenvalue weighted by Crippen LogP contribution is 2.33. The number of hydrogen-bond acceptors (Lipinski definition) is 2. The summed E-state index contributed by atoms with van der Waals surface area (Å²) in [5.74, 6) is 1.97. The summed E-state index contributed by atoms with van der Waals surface area (Å²) in [5, 5.41) is 17.8. The Morgan fingerprint density at radius 3 is 0.737 bits per heavy atom. The van der Waals surface area contributed by atoms with Crippen LogP contribution in [-0.2, 0) is 0 Å². The average molecular weight is 539 g/mol. The molecule has 230 valence electrons. The Bertz CT molecular complexity index is 372. The maximum absolute atomic E-state index is 8.92. The number of unbranched alkanes of at least 4 members (excludes halogenated alkanes) is 22. The largest absolute Gasteiger partial charge is 0.396 e. The van der Waals surface area contributed by atoms with E-state index in [4.69, 9.17) is 10.2 Å². The molecule has 0 bridgehead atoms. The molecule has 0 saturated carbocycles. The van der Waals surface area contributed by atoms with Crippen LogP contribution in [0.2, 0.25) is 0 Å². The molecule has 0 fully saturated rings. The Morgan fingerprint density at radius 2 is 0.500 bits per heavy atom. The van der Waals surface area contributed by atoms with Crippen LogP contribution in [0.1, 0.15) is 206 Å². The molecular formula is C36H74O2. The molecule has 2 N–H and O–H groups in total. The van der Waals surface area contributed by atoms with E-state index in [-0.39, 0.29) is 0 Å². The molecule has 0 radical (unpaired) electrons. The molecule has 2 atom stereocenters. The van der Waals surface area contributed by atoms with Gasteiger partial charge in [0.2, 0.25) is 0 Å². The predicted molar refractivity (Wildman–Crippen MR) is 171 cm³/mol. The summed E-state index contributed by atoms with van der Waals surface area (Å²) in [6.07, 6.45) is 41.4. The van der Waals surface area contributed by atoms with Gasteiger partial charge in [-0.25, -0.2) is 0 Å². The Hall–Kier alpha value is -0.0800. The summed E-state index contributed by atoms with van der Waals surface area (Å²) in [6.45, 7) is 5.42. The minimum atomic E-state index is 0.367. The highest BCUT2D eigenvalue weighted by Gasteiger charge is 2.20. The fraction of sp³-hybridized carbons (Fsp3) is 1.00. The normalized spacial score (nSPS) is 13.3. The first-order valence-electron chi connectivity index (χ1n) is 18.0. The van der Waals surface area contributed by atoms with E-state index in [1.54, 1.807) is 0 Å². The summed E-state index contributed by atoms with van der Waals surface area (Å²) in [5.41, 5.74) is 0. The van der Waals surface area contributed by atoms with Crippen LogP contribution in [0.4, 0.5) is 0 Å². The highest BCUT2D eigenvalue weighted by atomic mass is 16.3. The fourth-order valence-electron chi connectivity index (χ4n) is 6.41. The van der Waals surface area contributed by atoms with Crippen molar-refractivity contribution < 1.29 is 10.2 Å². The summed E-state index contributed by atoms with van der Waals surface area (Å²) in [7, 11) is 0. The van der Waals surface area contributed by atoms with E-state index in [1.807, 2.05) is 0 Å². The zero-order valence-corrected chi connectivity index (χ0v) is 26.7. The molecule has 2 unspecified atom stereocenters. The molecule has 0 saturated heterocycles. The zero-order chi connectivity index (χ0) is 27.8. The van der Waals surface area contributed by atoms with Crippen LogP contribution in [0.5, 0.6) is 0 Å². The van der Waals surface area contributed by atoms with E-state index in [0.717, 1.165) is 24.7 Å². The fourth-order valence-corrected chi connectivity index (χ4v) is 6.41. The second-order valence-corrected chi connectivity index (χ2v) is 12.6. The van der Waals surface area contributed by atoms with Gasteiger partial charge in [0.15, 0.2) is 0 Å². The van der Waals surface area contributed by atoms with E-state index < -0.39 is 0 Å². The van der Waals surface area contributed by atoms with Crippen molar-refractivity contribution in [1.82, 2.24) is 0 Å². The first-order valence-corrected chi connectivity index (χ1v) is 18.0.